The minimum atomic E-state index is -0.0567. The van der Waals surface area contributed by atoms with Crippen LogP contribution in [0.2, 0.25) is 0 Å². The smallest absolute Gasteiger partial charge is 0.203 e. The molecular weight excluding hydrogens is 388 g/mol. The highest BCUT2D eigenvalue weighted by Crippen LogP contribution is 2.27. The maximum Gasteiger partial charge on any atom is 0.203 e. The van der Waals surface area contributed by atoms with Crippen LogP contribution < -0.4 is 5.43 Å². The summed E-state index contributed by atoms with van der Waals surface area (Å²) in [6, 6.07) is 12.4. The zero-order chi connectivity index (χ0) is 20.4. The van der Waals surface area contributed by atoms with Gasteiger partial charge in [0.2, 0.25) is 5.13 Å². The summed E-state index contributed by atoms with van der Waals surface area (Å²) in [5, 5.41) is 34.2. The van der Waals surface area contributed by atoms with E-state index in [9.17, 15) is 10.2 Å². The minimum Gasteiger partial charge on any atom is -0.508 e. The van der Waals surface area contributed by atoms with Crippen LogP contribution in [0.3, 0.4) is 0 Å². The standard InChI is InChI=1S/C20H18N6O2S/c1-12-3-6-15(7-4-12)26-13(2)19(23-25-26)17-11-29-20(22-17)24-21-10-14-5-8-16(27)9-18(14)28/h3-11,27-28H,1-2H3,(H,22,24)/b21-10+. The van der Waals surface area contributed by atoms with E-state index in [1.165, 1.54) is 35.2 Å². The maximum absolute atomic E-state index is 9.77. The zero-order valence-electron chi connectivity index (χ0n) is 15.7. The van der Waals surface area contributed by atoms with Gasteiger partial charge in [0.1, 0.15) is 22.9 Å². The fourth-order valence-corrected chi connectivity index (χ4v) is 3.37. The van der Waals surface area contributed by atoms with E-state index >= 15 is 0 Å². The topological polar surface area (TPSA) is 108 Å². The van der Waals surface area contributed by atoms with Crippen LogP contribution in [0.15, 0.2) is 52.9 Å². The third-order valence-electron chi connectivity index (χ3n) is 4.30. The van der Waals surface area contributed by atoms with Gasteiger partial charge < -0.3 is 10.2 Å². The second-order valence-corrected chi connectivity index (χ2v) is 7.28. The average Bonchev–Trinajstić information content (AvgIpc) is 3.31. The Kier molecular flexibility index (Phi) is 4.96. The maximum atomic E-state index is 9.77. The Balaban J connectivity index is 1.51. The number of anilines is 1. The Morgan fingerprint density at radius 2 is 1.90 bits per heavy atom. The van der Waals surface area contributed by atoms with E-state index in [1.54, 1.807) is 10.7 Å². The molecule has 0 atom stereocenters. The Hall–Kier alpha value is -3.72. The van der Waals surface area contributed by atoms with Crippen molar-refractivity contribution in [2.24, 2.45) is 5.10 Å². The quantitative estimate of drug-likeness (QED) is 0.343. The van der Waals surface area contributed by atoms with Crippen LogP contribution in [0.4, 0.5) is 5.13 Å². The number of nitrogens with zero attached hydrogens (tertiary/aromatic N) is 5. The highest BCUT2D eigenvalue weighted by Gasteiger charge is 2.15. The SMILES string of the molecule is Cc1ccc(-n2nnc(-c3csc(N/N=C/c4ccc(O)cc4O)n3)c2C)cc1. The van der Waals surface area contributed by atoms with Gasteiger partial charge >= 0.3 is 0 Å². The summed E-state index contributed by atoms with van der Waals surface area (Å²) in [5.74, 6) is -0.0649. The van der Waals surface area contributed by atoms with Gasteiger partial charge in [-0.2, -0.15) is 5.10 Å². The van der Waals surface area contributed by atoms with E-state index in [4.69, 9.17) is 0 Å². The number of aromatic hydroxyl groups is 2. The lowest BCUT2D eigenvalue weighted by Gasteiger charge is -2.03. The van der Waals surface area contributed by atoms with Gasteiger partial charge in [0.25, 0.3) is 0 Å². The van der Waals surface area contributed by atoms with Crippen molar-refractivity contribution < 1.29 is 10.2 Å². The lowest BCUT2D eigenvalue weighted by atomic mass is 10.2. The molecule has 0 aliphatic heterocycles. The number of aryl methyl sites for hydroxylation is 1. The van der Waals surface area contributed by atoms with Crippen molar-refractivity contribution in [3.8, 4) is 28.6 Å². The first-order valence-electron chi connectivity index (χ1n) is 8.77. The van der Waals surface area contributed by atoms with E-state index in [0.717, 1.165) is 11.4 Å². The average molecular weight is 406 g/mol. The van der Waals surface area contributed by atoms with Crippen LogP contribution >= 0.6 is 11.3 Å². The second kappa shape index (κ2) is 7.72. The predicted molar refractivity (Wildman–Crippen MR) is 113 cm³/mol. The van der Waals surface area contributed by atoms with Crippen LogP contribution in [0.1, 0.15) is 16.8 Å². The van der Waals surface area contributed by atoms with Crippen molar-refractivity contribution in [3.05, 3.63) is 64.7 Å². The Bertz CT molecular complexity index is 1180. The van der Waals surface area contributed by atoms with Crippen molar-refractivity contribution in [3.63, 3.8) is 0 Å². The molecule has 9 heteroatoms. The van der Waals surface area contributed by atoms with Gasteiger partial charge in [-0.05, 0) is 38.1 Å². The second-order valence-electron chi connectivity index (χ2n) is 6.42. The highest BCUT2D eigenvalue weighted by molar-refractivity contribution is 7.14. The first kappa shape index (κ1) is 18.6. The summed E-state index contributed by atoms with van der Waals surface area (Å²) in [5.41, 5.74) is 7.74. The zero-order valence-corrected chi connectivity index (χ0v) is 16.6. The molecule has 0 spiro atoms. The summed E-state index contributed by atoms with van der Waals surface area (Å²) in [4.78, 5) is 4.51. The fourth-order valence-electron chi connectivity index (χ4n) is 2.73. The number of rotatable bonds is 5. The number of aromatic nitrogens is 4. The van der Waals surface area contributed by atoms with Crippen LogP contribution in [0, 0.1) is 13.8 Å². The molecule has 4 aromatic rings. The minimum absolute atomic E-state index is 0.00812. The molecule has 4 rings (SSSR count). The molecule has 3 N–H and O–H groups in total. The van der Waals surface area contributed by atoms with Crippen molar-refractivity contribution >= 4 is 22.7 Å². The van der Waals surface area contributed by atoms with Gasteiger partial charge in [-0.3, -0.25) is 5.43 Å². The van der Waals surface area contributed by atoms with Gasteiger partial charge in [0.15, 0.2) is 0 Å². The molecule has 2 aromatic carbocycles. The Morgan fingerprint density at radius 3 is 2.66 bits per heavy atom. The molecule has 146 valence electrons. The van der Waals surface area contributed by atoms with Crippen LogP contribution in [-0.2, 0) is 0 Å². The molecule has 0 aliphatic rings. The summed E-state index contributed by atoms with van der Waals surface area (Å²) < 4.78 is 1.78. The predicted octanol–water partition coefficient (Wildman–Crippen LogP) is 3.86. The van der Waals surface area contributed by atoms with Crippen molar-refractivity contribution in [1.29, 1.82) is 0 Å². The van der Waals surface area contributed by atoms with E-state index in [2.05, 4.69) is 25.8 Å². The lowest BCUT2D eigenvalue weighted by Crippen LogP contribution is -1.99. The first-order chi connectivity index (χ1) is 14.0. The van der Waals surface area contributed by atoms with Crippen LogP contribution in [0.25, 0.3) is 17.1 Å². The molecule has 0 amide bonds. The van der Waals surface area contributed by atoms with Crippen molar-refractivity contribution in [2.75, 3.05) is 5.43 Å². The van der Waals surface area contributed by atoms with Gasteiger partial charge in [-0.25, -0.2) is 9.67 Å². The number of phenolic OH excluding ortho intramolecular Hbond substituents is 2. The third kappa shape index (κ3) is 3.94. The molecule has 0 saturated carbocycles. The lowest BCUT2D eigenvalue weighted by molar-refractivity contribution is 0.450. The van der Waals surface area contributed by atoms with Crippen LogP contribution in [-0.4, -0.2) is 36.4 Å². The summed E-state index contributed by atoms with van der Waals surface area (Å²) in [6.07, 6.45) is 1.45. The Labute approximate surface area is 170 Å². The Morgan fingerprint density at radius 1 is 1.10 bits per heavy atom. The van der Waals surface area contributed by atoms with Crippen molar-refractivity contribution in [1.82, 2.24) is 20.0 Å². The molecule has 29 heavy (non-hydrogen) atoms. The molecule has 2 aromatic heterocycles. The molecule has 0 unspecified atom stereocenters. The first-order valence-corrected chi connectivity index (χ1v) is 9.65. The molecule has 0 radical (unpaired) electrons. The van der Waals surface area contributed by atoms with Gasteiger partial charge in [0.05, 0.1) is 17.6 Å². The normalized spacial score (nSPS) is 11.2. The number of phenols is 2. The number of nitrogens with one attached hydrogen (secondary N) is 1. The molecule has 2 heterocycles. The molecule has 0 saturated heterocycles. The molecular formula is C20H18N6O2S. The highest BCUT2D eigenvalue weighted by atomic mass is 32.1. The van der Waals surface area contributed by atoms with E-state index < -0.39 is 0 Å². The van der Waals surface area contributed by atoms with Gasteiger partial charge in [0, 0.05) is 17.0 Å². The molecule has 0 aliphatic carbocycles. The summed E-state index contributed by atoms with van der Waals surface area (Å²) >= 11 is 1.39. The monoisotopic (exact) mass is 406 g/mol. The van der Waals surface area contributed by atoms with E-state index in [0.29, 0.717) is 22.1 Å². The molecule has 8 nitrogen and oxygen atoms in total. The largest absolute Gasteiger partial charge is 0.508 e. The molecule has 0 bridgehead atoms. The number of benzene rings is 2. The van der Waals surface area contributed by atoms with Gasteiger partial charge in [-0.1, -0.05) is 22.9 Å². The van der Waals surface area contributed by atoms with Crippen molar-refractivity contribution in [2.45, 2.75) is 13.8 Å². The number of hydrazone groups is 1. The van der Waals surface area contributed by atoms with E-state index in [-0.39, 0.29) is 11.5 Å². The molecule has 0 fully saturated rings. The number of thiazole rings is 1. The van der Waals surface area contributed by atoms with Crippen LogP contribution in [0.5, 0.6) is 11.5 Å². The number of hydrogen-bond donors (Lipinski definition) is 3. The third-order valence-corrected chi connectivity index (χ3v) is 5.04. The van der Waals surface area contributed by atoms with E-state index in [1.807, 2.05) is 43.5 Å². The fraction of sp³-hybridized carbons (Fsp3) is 0.100. The summed E-state index contributed by atoms with van der Waals surface area (Å²) in [6.45, 7) is 3.99. The summed E-state index contributed by atoms with van der Waals surface area (Å²) in [7, 11) is 0. The van der Waals surface area contributed by atoms with Gasteiger partial charge in [-0.15, -0.1) is 16.4 Å². The number of hydrogen-bond acceptors (Lipinski definition) is 8.